The van der Waals surface area contributed by atoms with Gasteiger partial charge in [-0.2, -0.15) is 5.10 Å². The molecule has 3 rings (SSSR count). The second-order valence-corrected chi connectivity index (χ2v) is 7.09. The lowest BCUT2D eigenvalue weighted by Crippen LogP contribution is -2.24. The fraction of sp³-hybridized carbons (Fsp3) is 0.333. The van der Waals surface area contributed by atoms with Crippen molar-refractivity contribution < 1.29 is 9.53 Å². The van der Waals surface area contributed by atoms with E-state index >= 15 is 0 Å². The summed E-state index contributed by atoms with van der Waals surface area (Å²) in [5.74, 6) is 0.494. The predicted octanol–water partition coefficient (Wildman–Crippen LogP) is 3.46. The first-order valence-electron chi connectivity index (χ1n) is 8.37. The van der Waals surface area contributed by atoms with Gasteiger partial charge in [-0.1, -0.05) is 6.92 Å². The van der Waals surface area contributed by atoms with Gasteiger partial charge < -0.3 is 10.1 Å². The molecule has 1 amide bonds. The molecule has 26 heavy (non-hydrogen) atoms. The number of aromatic nitrogens is 4. The summed E-state index contributed by atoms with van der Waals surface area (Å²) in [7, 11) is 0. The fourth-order valence-corrected chi connectivity index (χ4v) is 3.08. The molecule has 1 N–H and O–H groups in total. The second kappa shape index (κ2) is 8.09. The summed E-state index contributed by atoms with van der Waals surface area (Å²) in [4.78, 5) is 20.7. The van der Waals surface area contributed by atoms with E-state index in [0.29, 0.717) is 11.7 Å². The molecule has 1 atom stereocenters. The molecule has 0 radical (unpaired) electrons. The van der Waals surface area contributed by atoms with Crippen molar-refractivity contribution >= 4 is 22.4 Å². The SMILES string of the molecule is CC(C)Oc1ccc(-c2csc(NC(=O)[C@@H](C)Cn3cncn3)n2)cc1. The highest BCUT2D eigenvalue weighted by atomic mass is 32.1. The molecule has 0 aliphatic rings. The first kappa shape index (κ1) is 18.1. The van der Waals surface area contributed by atoms with E-state index in [-0.39, 0.29) is 17.9 Å². The van der Waals surface area contributed by atoms with Crippen LogP contribution in [0.2, 0.25) is 0 Å². The van der Waals surface area contributed by atoms with E-state index in [9.17, 15) is 4.79 Å². The summed E-state index contributed by atoms with van der Waals surface area (Å²) >= 11 is 1.40. The van der Waals surface area contributed by atoms with Crippen LogP contribution in [0.25, 0.3) is 11.3 Å². The predicted molar refractivity (Wildman–Crippen MR) is 101 cm³/mol. The van der Waals surface area contributed by atoms with Crippen LogP contribution in [0, 0.1) is 5.92 Å². The summed E-state index contributed by atoms with van der Waals surface area (Å²) in [6.45, 7) is 6.31. The smallest absolute Gasteiger partial charge is 0.230 e. The molecule has 0 bridgehead atoms. The van der Waals surface area contributed by atoms with Gasteiger partial charge in [-0.3, -0.25) is 9.48 Å². The number of amides is 1. The molecular weight excluding hydrogens is 350 g/mol. The number of anilines is 1. The van der Waals surface area contributed by atoms with E-state index < -0.39 is 0 Å². The Morgan fingerprint density at radius 3 is 2.69 bits per heavy atom. The minimum Gasteiger partial charge on any atom is -0.491 e. The van der Waals surface area contributed by atoms with Crippen LogP contribution in [-0.4, -0.2) is 31.8 Å². The molecule has 136 valence electrons. The monoisotopic (exact) mass is 371 g/mol. The number of nitrogens with one attached hydrogen (secondary N) is 1. The highest BCUT2D eigenvalue weighted by Gasteiger charge is 2.16. The number of rotatable bonds is 7. The molecule has 1 aromatic carbocycles. The molecule has 0 saturated heterocycles. The summed E-state index contributed by atoms with van der Waals surface area (Å²) < 4.78 is 7.28. The Labute approximate surface area is 156 Å². The number of carbonyl (C=O) groups is 1. The van der Waals surface area contributed by atoms with Gasteiger partial charge in [0.25, 0.3) is 0 Å². The average Bonchev–Trinajstić information content (AvgIpc) is 3.27. The van der Waals surface area contributed by atoms with E-state index in [1.54, 1.807) is 11.0 Å². The van der Waals surface area contributed by atoms with Crippen molar-refractivity contribution in [3.05, 3.63) is 42.3 Å². The number of benzene rings is 1. The molecule has 0 unspecified atom stereocenters. The minimum atomic E-state index is -0.239. The number of carbonyl (C=O) groups excluding carboxylic acids is 1. The number of nitrogens with zero attached hydrogens (tertiary/aromatic N) is 4. The first-order chi connectivity index (χ1) is 12.5. The van der Waals surface area contributed by atoms with Gasteiger partial charge in [0.2, 0.25) is 5.91 Å². The molecule has 2 heterocycles. The van der Waals surface area contributed by atoms with Crippen LogP contribution in [0.3, 0.4) is 0 Å². The third-order valence-corrected chi connectivity index (χ3v) is 4.39. The zero-order valence-electron chi connectivity index (χ0n) is 14.9. The van der Waals surface area contributed by atoms with Gasteiger partial charge in [0.05, 0.1) is 24.3 Å². The van der Waals surface area contributed by atoms with Gasteiger partial charge in [0.1, 0.15) is 18.4 Å². The Morgan fingerprint density at radius 2 is 2.04 bits per heavy atom. The van der Waals surface area contributed by atoms with Crippen LogP contribution < -0.4 is 10.1 Å². The van der Waals surface area contributed by atoms with Crippen LogP contribution in [-0.2, 0) is 11.3 Å². The van der Waals surface area contributed by atoms with E-state index in [4.69, 9.17) is 4.74 Å². The summed E-state index contributed by atoms with van der Waals surface area (Å²) in [5, 5.41) is 9.39. The Bertz CT molecular complexity index is 843. The third-order valence-electron chi connectivity index (χ3n) is 3.63. The Hall–Kier alpha value is -2.74. The van der Waals surface area contributed by atoms with Crippen molar-refractivity contribution in [1.82, 2.24) is 19.7 Å². The van der Waals surface area contributed by atoms with Gasteiger partial charge in [-0.05, 0) is 38.1 Å². The van der Waals surface area contributed by atoms with Crippen molar-refractivity contribution in [3.63, 3.8) is 0 Å². The Morgan fingerprint density at radius 1 is 1.27 bits per heavy atom. The fourth-order valence-electron chi connectivity index (χ4n) is 2.36. The lowest BCUT2D eigenvalue weighted by atomic mass is 10.1. The standard InChI is InChI=1S/C18H21N5O2S/c1-12(2)25-15-6-4-14(5-7-15)16-9-26-18(21-16)22-17(24)13(3)8-23-11-19-10-20-23/h4-7,9-13H,8H2,1-3H3,(H,21,22,24)/t13-/m0/s1. The zero-order valence-corrected chi connectivity index (χ0v) is 15.7. The van der Waals surface area contributed by atoms with Gasteiger partial charge in [-0.25, -0.2) is 9.97 Å². The van der Waals surface area contributed by atoms with Crippen molar-refractivity contribution in [2.24, 2.45) is 5.92 Å². The molecule has 0 aliphatic carbocycles. The minimum absolute atomic E-state index is 0.0953. The quantitative estimate of drug-likeness (QED) is 0.688. The number of ether oxygens (including phenoxy) is 1. The molecule has 0 saturated carbocycles. The molecule has 7 nitrogen and oxygen atoms in total. The third kappa shape index (κ3) is 4.66. The van der Waals surface area contributed by atoms with Gasteiger partial charge in [0, 0.05) is 10.9 Å². The van der Waals surface area contributed by atoms with Crippen molar-refractivity contribution in [3.8, 4) is 17.0 Å². The second-order valence-electron chi connectivity index (χ2n) is 6.24. The van der Waals surface area contributed by atoms with Crippen LogP contribution >= 0.6 is 11.3 Å². The van der Waals surface area contributed by atoms with E-state index in [1.165, 1.54) is 17.7 Å². The molecule has 2 aromatic heterocycles. The number of hydrogen-bond acceptors (Lipinski definition) is 6. The van der Waals surface area contributed by atoms with E-state index in [2.05, 4.69) is 20.4 Å². The maximum absolute atomic E-state index is 12.3. The molecule has 0 spiro atoms. The first-order valence-corrected chi connectivity index (χ1v) is 9.25. The largest absolute Gasteiger partial charge is 0.491 e. The molecule has 8 heteroatoms. The lowest BCUT2D eigenvalue weighted by Gasteiger charge is -2.10. The highest BCUT2D eigenvalue weighted by molar-refractivity contribution is 7.14. The summed E-state index contributed by atoms with van der Waals surface area (Å²) in [6, 6.07) is 7.78. The molecular formula is C18H21N5O2S. The Kier molecular flexibility index (Phi) is 5.62. The summed E-state index contributed by atoms with van der Waals surface area (Å²) in [6.07, 6.45) is 3.19. The van der Waals surface area contributed by atoms with Gasteiger partial charge in [0.15, 0.2) is 5.13 Å². The zero-order chi connectivity index (χ0) is 18.5. The maximum Gasteiger partial charge on any atom is 0.230 e. The number of thiazole rings is 1. The lowest BCUT2D eigenvalue weighted by molar-refractivity contribution is -0.119. The van der Waals surface area contributed by atoms with Crippen LogP contribution in [0.4, 0.5) is 5.13 Å². The van der Waals surface area contributed by atoms with Crippen LogP contribution in [0.5, 0.6) is 5.75 Å². The van der Waals surface area contributed by atoms with Gasteiger partial charge in [-0.15, -0.1) is 11.3 Å². The molecule has 0 aliphatic heterocycles. The van der Waals surface area contributed by atoms with Crippen molar-refractivity contribution in [2.45, 2.75) is 33.4 Å². The normalized spacial score (nSPS) is 12.2. The van der Waals surface area contributed by atoms with Crippen LogP contribution in [0.1, 0.15) is 20.8 Å². The summed E-state index contributed by atoms with van der Waals surface area (Å²) in [5.41, 5.74) is 1.80. The number of hydrogen-bond donors (Lipinski definition) is 1. The van der Waals surface area contributed by atoms with Crippen molar-refractivity contribution in [1.29, 1.82) is 0 Å². The van der Waals surface area contributed by atoms with Gasteiger partial charge >= 0.3 is 0 Å². The average molecular weight is 371 g/mol. The van der Waals surface area contributed by atoms with Crippen LogP contribution in [0.15, 0.2) is 42.3 Å². The van der Waals surface area contributed by atoms with E-state index in [0.717, 1.165) is 17.0 Å². The molecule has 0 fully saturated rings. The topological polar surface area (TPSA) is 81.9 Å². The Balaban J connectivity index is 1.61. The van der Waals surface area contributed by atoms with Crippen molar-refractivity contribution in [2.75, 3.05) is 5.32 Å². The van der Waals surface area contributed by atoms with E-state index in [1.807, 2.05) is 50.4 Å². The highest BCUT2D eigenvalue weighted by Crippen LogP contribution is 2.27. The molecule has 3 aromatic rings. The maximum atomic E-state index is 12.3.